The molecule has 1 aromatic rings. The fourth-order valence-electron chi connectivity index (χ4n) is 1.63. The second-order valence-corrected chi connectivity index (χ2v) is 3.90. The molecule has 1 aliphatic rings. The number of unbranched alkanes of at least 4 members (excludes halogenated alkanes) is 1. The first-order valence-corrected chi connectivity index (χ1v) is 5.86. The number of ether oxygens (including phenoxy) is 3. The Kier molecular flexibility index (Phi) is 4.05. The Morgan fingerprint density at radius 2 is 2.06 bits per heavy atom. The molecule has 0 aliphatic carbocycles. The molecule has 1 aliphatic heterocycles. The molecule has 16 heavy (non-hydrogen) atoms. The van der Waals surface area contributed by atoms with E-state index in [9.17, 15) is 0 Å². The van der Waals surface area contributed by atoms with Crippen LogP contribution in [0.25, 0.3) is 0 Å². The molecule has 0 aromatic heterocycles. The summed E-state index contributed by atoms with van der Waals surface area (Å²) in [6, 6.07) is 6.06. The minimum Gasteiger partial charge on any atom is -0.454 e. The van der Waals surface area contributed by atoms with Gasteiger partial charge in [0.25, 0.3) is 0 Å². The van der Waals surface area contributed by atoms with Gasteiger partial charge in [0.05, 0.1) is 6.61 Å². The van der Waals surface area contributed by atoms with E-state index in [0.717, 1.165) is 37.6 Å². The monoisotopic (exact) mass is 222 g/mol. The zero-order valence-electron chi connectivity index (χ0n) is 9.70. The lowest BCUT2D eigenvalue weighted by Crippen LogP contribution is -2.00. The third kappa shape index (κ3) is 2.89. The SMILES string of the molecule is CCCCOCCc1ccc2c(c1)OCO2. The number of hydrogen-bond donors (Lipinski definition) is 0. The Morgan fingerprint density at radius 3 is 2.94 bits per heavy atom. The van der Waals surface area contributed by atoms with Gasteiger partial charge in [0.1, 0.15) is 0 Å². The van der Waals surface area contributed by atoms with Gasteiger partial charge >= 0.3 is 0 Å². The van der Waals surface area contributed by atoms with Crippen molar-refractivity contribution in [3.63, 3.8) is 0 Å². The van der Waals surface area contributed by atoms with Gasteiger partial charge in [-0.2, -0.15) is 0 Å². The molecule has 0 unspecified atom stereocenters. The van der Waals surface area contributed by atoms with Gasteiger partial charge in [-0.1, -0.05) is 19.4 Å². The van der Waals surface area contributed by atoms with Gasteiger partial charge in [0.15, 0.2) is 11.5 Å². The highest BCUT2D eigenvalue weighted by Crippen LogP contribution is 2.32. The molecule has 0 bridgehead atoms. The molecule has 0 fully saturated rings. The zero-order valence-corrected chi connectivity index (χ0v) is 9.70. The van der Waals surface area contributed by atoms with E-state index in [0.29, 0.717) is 6.79 Å². The lowest BCUT2D eigenvalue weighted by atomic mass is 10.1. The highest BCUT2D eigenvalue weighted by Gasteiger charge is 2.12. The molecular formula is C13H18O3. The van der Waals surface area contributed by atoms with Crippen LogP contribution in [0.15, 0.2) is 18.2 Å². The summed E-state index contributed by atoms with van der Waals surface area (Å²) < 4.78 is 16.1. The van der Waals surface area contributed by atoms with Crippen molar-refractivity contribution in [2.45, 2.75) is 26.2 Å². The minimum absolute atomic E-state index is 0.339. The van der Waals surface area contributed by atoms with Crippen molar-refractivity contribution in [3.05, 3.63) is 23.8 Å². The Labute approximate surface area is 96.3 Å². The van der Waals surface area contributed by atoms with Crippen LogP contribution in [-0.4, -0.2) is 20.0 Å². The molecule has 1 heterocycles. The van der Waals surface area contributed by atoms with Crippen LogP contribution in [0.1, 0.15) is 25.3 Å². The Morgan fingerprint density at radius 1 is 1.19 bits per heavy atom. The quantitative estimate of drug-likeness (QED) is 0.693. The van der Waals surface area contributed by atoms with Crippen molar-refractivity contribution in [1.29, 1.82) is 0 Å². The van der Waals surface area contributed by atoms with Crippen LogP contribution < -0.4 is 9.47 Å². The van der Waals surface area contributed by atoms with Crippen LogP contribution in [0.3, 0.4) is 0 Å². The van der Waals surface area contributed by atoms with E-state index in [2.05, 4.69) is 13.0 Å². The molecule has 0 radical (unpaired) electrons. The summed E-state index contributed by atoms with van der Waals surface area (Å²) in [5.41, 5.74) is 1.24. The maximum atomic E-state index is 5.53. The summed E-state index contributed by atoms with van der Waals surface area (Å²) >= 11 is 0. The fraction of sp³-hybridized carbons (Fsp3) is 0.538. The predicted octanol–water partition coefficient (Wildman–Crippen LogP) is 2.77. The smallest absolute Gasteiger partial charge is 0.231 e. The van der Waals surface area contributed by atoms with Crippen molar-refractivity contribution < 1.29 is 14.2 Å². The molecular weight excluding hydrogens is 204 g/mol. The number of benzene rings is 1. The summed E-state index contributed by atoms with van der Waals surface area (Å²) in [6.07, 6.45) is 3.26. The van der Waals surface area contributed by atoms with E-state index in [-0.39, 0.29) is 0 Å². The van der Waals surface area contributed by atoms with E-state index in [4.69, 9.17) is 14.2 Å². The highest BCUT2D eigenvalue weighted by molar-refractivity contribution is 5.44. The molecule has 2 rings (SSSR count). The van der Waals surface area contributed by atoms with Crippen LogP contribution in [0, 0.1) is 0 Å². The lowest BCUT2D eigenvalue weighted by molar-refractivity contribution is 0.134. The Bertz CT molecular complexity index is 336. The van der Waals surface area contributed by atoms with Gasteiger partial charge < -0.3 is 14.2 Å². The van der Waals surface area contributed by atoms with E-state index in [1.807, 2.05) is 12.1 Å². The average molecular weight is 222 g/mol. The molecule has 1 aromatic carbocycles. The first-order chi connectivity index (χ1) is 7.90. The molecule has 3 nitrogen and oxygen atoms in total. The zero-order chi connectivity index (χ0) is 11.2. The van der Waals surface area contributed by atoms with Gasteiger partial charge in [-0.3, -0.25) is 0 Å². The van der Waals surface area contributed by atoms with Crippen molar-refractivity contribution >= 4 is 0 Å². The largest absolute Gasteiger partial charge is 0.454 e. The second kappa shape index (κ2) is 5.75. The third-order valence-electron chi connectivity index (χ3n) is 2.61. The van der Waals surface area contributed by atoms with Crippen LogP contribution >= 0.6 is 0 Å². The van der Waals surface area contributed by atoms with Crippen molar-refractivity contribution in [2.75, 3.05) is 20.0 Å². The van der Waals surface area contributed by atoms with Crippen molar-refractivity contribution in [3.8, 4) is 11.5 Å². The summed E-state index contributed by atoms with van der Waals surface area (Å²) in [4.78, 5) is 0. The molecule has 0 saturated heterocycles. The van der Waals surface area contributed by atoms with Crippen LogP contribution in [-0.2, 0) is 11.2 Å². The second-order valence-electron chi connectivity index (χ2n) is 3.90. The topological polar surface area (TPSA) is 27.7 Å². The van der Waals surface area contributed by atoms with Gasteiger partial charge in [-0.15, -0.1) is 0 Å². The van der Waals surface area contributed by atoms with Crippen molar-refractivity contribution in [2.24, 2.45) is 0 Å². The molecule has 0 N–H and O–H groups in total. The van der Waals surface area contributed by atoms with Crippen molar-refractivity contribution in [1.82, 2.24) is 0 Å². The van der Waals surface area contributed by atoms with E-state index in [1.54, 1.807) is 0 Å². The first-order valence-electron chi connectivity index (χ1n) is 5.86. The summed E-state index contributed by atoms with van der Waals surface area (Å²) in [5, 5.41) is 0. The van der Waals surface area contributed by atoms with Gasteiger partial charge in [-0.25, -0.2) is 0 Å². The first kappa shape index (κ1) is 11.3. The fourth-order valence-corrected chi connectivity index (χ4v) is 1.63. The normalized spacial score (nSPS) is 13.1. The minimum atomic E-state index is 0.339. The molecule has 0 spiro atoms. The number of rotatable bonds is 6. The maximum Gasteiger partial charge on any atom is 0.231 e. The number of fused-ring (bicyclic) bond motifs is 1. The van der Waals surface area contributed by atoms with E-state index < -0.39 is 0 Å². The molecule has 3 heteroatoms. The summed E-state index contributed by atoms with van der Waals surface area (Å²) in [5.74, 6) is 1.70. The third-order valence-corrected chi connectivity index (χ3v) is 2.61. The average Bonchev–Trinajstić information content (AvgIpc) is 2.76. The summed E-state index contributed by atoms with van der Waals surface area (Å²) in [7, 11) is 0. The molecule has 0 amide bonds. The number of hydrogen-bond acceptors (Lipinski definition) is 3. The Balaban J connectivity index is 1.77. The standard InChI is InChI=1S/C13H18O3/c1-2-3-7-14-8-6-11-4-5-12-13(9-11)16-10-15-12/h4-5,9H,2-3,6-8,10H2,1H3. The molecule has 0 saturated carbocycles. The van der Waals surface area contributed by atoms with Crippen LogP contribution in [0.5, 0.6) is 11.5 Å². The summed E-state index contributed by atoms with van der Waals surface area (Å²) in [6.45, 7) is 4.15. The van der Waals surface area contributed by atoms with Gasteiger partial charge in [0, 0.05) is 6.61 Å². The van der Waals surface area contributed by atoms with Gasteiger partial charge in [0.2, 0.25) is 6.79 Å². The van der Waals surface area contributed by atoms with Crippen LogP contribution in [0.2, 0.25) is 0 Å². The van der Waals surface area contributed by atoms with E-state index in [1.165, 1.54) is 12.0 Å². The molecule has 0 atom stereocenters. The lowest BCUT2D eigenvalue weighted by Gasteiger charge is -2.04. The van der Waals surface area contributed by atoms with E-state index >= 15 is 0 Å². The van der Waals surface area contributed by atoms with Gasteiger partial charge in [-0.05, 0) is 30.5 Å². The Hall–Kier alpha value is -1.22. The molecule has 88 valence electrons. The predicted molar refractivity (Wildman–Crippen MR) is 62.0 cm³/mol. The highest BCUT2D eigenvalue weighted by atomic mass is 16.7. The van der Waals surface area contributed by atoms with Crippen LogP contribution in [0.4, 0.5) is 0 Å². The maximum absolute atomic E-state index is 5.53.